The molecule has 5 rings (SSSR count). The Labute approximate surface area is 333 Å². The maximum absolute atomic E-state index is 14.2. The number of benzene rings is 1. The van der Waals surface area contributed by atoms with Gasteiger partial charge in [0.1, 0.15) is 40.8 Å². The molecule has 0 spiro atoms. The number of rotatable bonds is 17. The van der Waals surface area contributed by atoms with Gasteiger partial charge in [-0.05, 0) is 62.8 Å². The standard InChI is InChI=1S/C38H55FN8O9S/c1-41-35(48)31-24-28(56-38(51)46-21-19-45(20-22-46)33-14-10-15-34(44-33)54-2)25-47(31)36(49)30(43-37(50)55-27-11-7-8-12-27)13-6-4-3-5-9-18-42-29-17-16-26(39)23-32(29)57(40,52)53/h10,14-17,23,27-28,30-31,42H,3-9,11-13,18-22,24-25H2,1-2H3,(H,41,48)(H,43,50)(H2,40,52,53)/t28-,30+,31+/m1/s1. The summed E-state index contributed by atoms with van der Waals surface area (Å²) in [5.74, 6) is -0.323. The topological polar surface area (TPSA) is 215 Å². The Morgan fingerprint density at radius 1 is 0.965 bits per heavy atom. The summed E-state index contributed by atoms with van der Waals surface area (Å²) in [5.41, 5.74) is 0.228. The highest BCUT2D eigenvalue weighted by Gasteiger charge is 2.44. The highest BCUT2D eigenvalue weighted by atomic mass is 32.2. The monoisotopic (exact) mass is 818 g/mol. The number of likely N-dealkylation sites (N-methyl/N-ethyl adjacent to an activating group) is 1. The Bertz CT molecular complexity index is 1810. The molecule has 19 heteroatoms. The number of unbranched alkanes of at least 4 members (excludes halogenated alkanes) is 4. The van der Waals surface area contributed by atoms with Crippen molar-refractivity contribution >= 4 is 45.5 Å². The number of hydrogen-bond donors (Lipinski definition) is 4. The first-order valence-electron chi connectivity index (χ1n) is 19.6. The molecule has 1 aromatic carbocycles. The molecular weight excluding hydrogens is 764 g/mol. The Hall–Kier alpha value is -4.91. The summed E-state index contributed by atoms with van der Waals surface area (Å²) in [5, 5.41) is 13.6. The summed E-state index contributed by atoms with van der Waals surface area (Å²) in [4.78, 5) is 62.8. The van der Waals surface area contributed by atoms with Crippen LogP contribution in [-0.2, 0) is 29.1 Å². The van der Waals surface area contributed by atoms with E-state index in [1.165, 1.54) is 18.0 Å². The van der Waals surface area contributed by atoms with Gasteiger partial charge in [0, 0.05) is 52.3 Å². The van der Waals surface area contributed by atoms with E-state index < -0.39 is 58.0 Å². The van der Waals surface area contributed by atoms with Crippen LogP contribution in [0.5, 0.6) is 5.88 Å². The predicted octanol–water partition coefficient (Wildman–Crippen LogP) is 3.34. The number of amides is 4. The molecular formula is C38H55FN8O9S. The minimum Gasteiger partial charge on any atom is -0.481 e. The fourth-order valence-electron chi connectivity index (χ4n) is 7.47. The van der Waals surface area contributed by atoms with E-state index in [2.05, 4.69) is 25.8 Å². The second-order valence-electron chi connectivity index (χ2n) is 14.6. The van der Waals surface area contributed by atoms with Gasteiger partial charge in [-0.1, -0.05) is 31.7 Å². The summed E-state index contributed by atoms with van der Waals surface area (Å²) in [6, 6.07) is 6.99. The summed E-state index contributed by atoms with van der Waals surface area (Å²) in [6.07, 6.45) is 5.22. The second-order valence-corrected chi connectivity index (χ2v) is 16.1. The normalized spacial score (nSPS) is 19.2. The molecule has 5 N–H and O–H groups in total. The van der Waals surface area contributed by atoms with Crippen LogP contribution in [0.4, 0.5) is 25.5 Å². The molecule has 4 amide bonds. The molecule has 3 heterocycles. The zero-order valence-electron chi connectivity index (χ0n) is 32.6. The number of carbonyl (C=O) groups excluding carboxylic acids is 4. The van der Waals surface area contributed by atoms with E-state index in [0.29, 0.717) is 51.4 Å². The molecule has 0 radical (unpaired) electrons. The molecule has 0 unspecified atom stereocenters. The molecule has 314 valence electrons. The van der Waals surface area contributed by atoms with Crippen LogP contribution >= 0.6 is 0 Å². The molecule has 3 aliphatic rings. The molecule has 1 saturated carbocycles. The summed E-state index contributed by atoms with van der Waals surface area (Å²) in [6.45, 7) is 2.27. The van der Waals surface area contributed by atoms with Crippen LogP contribution in [0, 0.1) is 5.82 Å². The minimum absolute atomic E-state index is 0.0135. The number of sulfonamides is 1. The number of halogens is 1. The van der Waals surface area contributed by atoms with Crippen molar-refractivity contribution in [1.29, 1.82) is 0 Å². The number of aromatic nitrogens is 1. The van der Waals surface area contributed by atoms with E-state index in [9.17, 15) is 32.0 Å². The molecule has 0 bridgehead atoms. The van der Waals surface area contributed by atoms with Crippen molar-refractivity contribution in [2.24, 2.45) is 5.14 Å². The summed E-state index contributed by atoms with van der Waals surface area (Å²) in [7, 11) is -1.08. The van der Waals surface area contributed by atoms with Crippen molar-refractivity contribution in [3.8, 4) is 5.88 Å². The van der Waals surface area contributed by atoms with Crippen LogP contribution in [0.2, 0.25) is 0 Å². The average Bonchev–Trinajstić information content (AvgIpc) is 3.88. The predicted molar refractivity (Wildman–Crippen MR) is 209 cm³/mol. The number of hydrogen-bond acceptors (Lipinski definition) is 12. The number of alkyl carbamates (subject to hydrolysis) is 1. The third-order valence-corrected chi connectivity index (χ3v) is 11.5. The Morgan fingerprint density at radius 3 is 2.39 bits per heavy atom. The SMILES string of the molecule is CNC(=O)[C@@H]1C[C@@H](OC(=O)N2CCN(c3cccc(OC)n3)CC2)CN1C(=O)[C@H](CCCCCCCNc1ccc(F)cc1S(N)(=O)=O)NC(=O)OC1CCCC1. The maximum atomic E-state index is 14.2. The van der Waals surface area contributed by atoms with Crippen molar-refractivity contribution < 1.29 is 46.2 Å². The zero-order chi connectivity index (χ0) is 41.0. The van der Waals surface area contributed by atoms with Crippen LogP contribution < -0.4 is 30.7 Å². The van der Waals surface area contributed by atoms with Crippen LogP contribution in [0.25, 0.3) is 0 Å². The third-order valence-electron chi connectivity index (χ3n) is 10.5. The Kier molecular flexibility index (Phi) is 15.5. The minimum atomic E-state index is -4.11. The van der Waals surface area contributed by atoms with Gasteiger partial charge >= 0.3 is 12.2 Å². The van der Waals surface area contributed by atoms with Gasteiger partial charge in [0.25, 0.3) is 0 Å². The molecule has 1 aromatic heterocycles. The van der Waals surface area contributed by atoms with Crippen molar-refractivity contribution in [2.75, 3.05) is 63.6 Å². The van der Waals surface area contributed by atoms with Crippen molar-refractivity contribution in [2.45, 2.75) is 99.8 Å². The molecule has 2 aromatic rings. The second kappa shape index (κ2) is 20.5. The molecule has 17 nitrogen and oxygen atoms in total. The van der Waals surface area contributed by atoms with Crippen molar-refractivity contribution in [3.63, 3.8) is 0 Å². The van der Waals surface area contributed by atoms with Gasteiger partial charge in [0.15, 0.2) is 0 Å². The lowest BCUT2D eigenvalue weighted by Gasteiger charge is -2.35. The number of likely N-dealkylation sites (tertiary alicyclic amines) is 1. The van der Waals surface area contributed by atoms with Gasteiger partial charge in [-0.2, -0.15) is 4.98 Å². The van der Waals surface area contributed by atoms with Gasteiger partial charge in [-0.3, -0.25) is 9.59 Å². The van der Waals surface area contributed by atoms with E-state index in [0.717, 1.165) is 62.9 Å². The highest BCUT2D eigenvalue weighted by Crippen LogP contribution is 2.26. The molecule has 2 aliphatic heterocycles. The number of nitrogens with zero attached hydrogens (tertiary/aromatic N) is 4. The lowest BCUT2D eigenvalue weighted by Crippen LogP contribution is -2.53. The van der Waals surface area contributed by atoms with E-state index in [4.69, 9.17) is 19.3 Å². The Morgan fingerprint density at radius 2 is 1.68 bits per heavy atom. The van der Waals surface area contributed by atoms with Crippen molar-refractivity contribution in [3.05, 3.63) is 42.2 Å². The van der Waals surface area contributed by atoms with E-state index in [1.807, 2.05) is 12.1 Å². The number of pyridine rings is 1. The number of carbonyl (C=O) groups is 4. The number of anilines is 2. The molecule has 57 heavy (non-hydrogen) atoms. The van der Waals surface area contributed by atoms with Gasteiger partial charge in [-0.15, -0.1) is 0 Å². The molecule has 3 fully saturated rings. The highest BCUT2D eigenvalue weighted by molar-refractivity contribution is 7.89. The largest absolute Gasteiger partial charge is 0.481 e. The quantitative estimate of drug-likeness (QED) is 0.169. The number of nitrogens with one attached hydrogen (secondary N) is 3. The van der Waals surface area contributed by atoms with Crippen LogP contribution in [0.3, 0.4) is 0 Å². The van der Waals surface area contributed by atoms with E-state index in [1.54, 1.807) is 18.1 Å². The number of primary sulfonamides is 1. The van der Waals surface area contributed by atoms with E-state index >= 15 is 0 Å². The summed E-state index contributed by atoms with van der Waals surface area (Å²) >= 11 is 0. The number of ether oxygens (including phenoxy) is 3. The molecule has 2 saturated heterocycles. The number of piperazine rings is 1. The lowest BCUT2D eigenvalue weighted by atomic mass is 10.0. The smallest absolute Gasteiger partial charge is 0.410 e. The first kappa shape index (κ1) is 43.2. The first-order valence-corrected chi connectivity index (χ1v) is 21.2. The third kappa shape index (κ3) is 12.3. The van der Waals surface area contributed by atoms with Gasteiger partial charge in [0.2, 0.25) is 27.7 Å². The first-order chi connectivity index (χ1) is 27.4. The van der Waals surface area contributed by atoms with Crippen molar-refractivity contribution in [1.82, 2.24) is 25.4 Å². The van der Waals surface area contributed by atoms with Gasteiger partial charge in [0.05, 0.1) is 19.3 Å². The van der Waals surface area contributed by atoms with Crippen LogP contribution in [-0.4, -0.2) is 125 Å². The molecule has 3 atom stereocenters. The van der Waals surface area contributed by atoms with Crippen LogP contribution in [0.15, 0.2) is 41.3 Å². The number of nitrogens with two attached hydrogens (primary N) is 1. The van der Waals surface area contributed by atoms with Gasteiger partial charge in [-0.25, -0.2) is 27.5 Å². The fourth-order valence-corrected chi connectivity index (χ4v) is 8.19. The average molecular weight is 819 g/mol. The number of methoxy groups -OCH3 is 1. The zero-order valence-corrected chi connectivity index (χ0v) is 33.4. The molecule has 1 aliphatic carbocycles. The fraction of sp³-hybridized carbons (Fsp3) is 0.605. The lowest BCUT2D eigenvalue weighted by molar-refractivity contribution is -0.140. The van der Waals surface area contributed by atoms with E-state index in [-0.39, 0.29) is 36.1 Å². The summed E-state index contributed by atoms with van der Waals surface area (Å²) < 4.78 is 54.1. The maximum Gasteiger partial charge on any atom is 0.410 e. The van der Waals surface area contributed by atoms with Gasteiger partial charge < -0.3 is 44.9 Å². The Balaban J connectivity index is 1.14. The van der Waals surface area contributed by atoms with Crippen LogP contribution in [0.1, 0.15) is 70.6 Å².